The molecule has 1 aromatic carbocycles. The van der Waals surface area contributed by atoms with E-state index >= 15 is 0 Å². The van der Waals surface area contributed by atoms with E-state index in [0.29, 0.717) is 17.8 Å². The van der Waals surface area contributed by atoms with E-state index in [1.807, 2.05) is 60.1 Å². The fourth-order valence-corrected chi connectivity index (χ4v) is 5.56. The van der Waals surface area contributed by atoms with Gasteiger partial charge in [0, 0.05) is 23.1 Å². The van der Waals surface area contributed by atoms with Crippen molar-refractivity contribution in [2.24, 2.45) is 0 Å². The van der Waals surface area contributed by atoms with E-state index in [4.69, 9.17) is 4.98 Å². The maximum absolute atomic E-state index is 12.9. The van der Waals surface area contributed by atoms with Crippen molar-refractivity contribution in [1.29, 1.82) is 0 Å². The van der Waals surface area contributed by atoms with Crippen LogP contribution in [0.25, 0.3) is 27.0 Å². The molecule has 1 aliphatic rings. The zero-order chi connectivity index (χ0) is 21.5. The summed E-state index contributed by atoms with van der Waals surface area (Å²) in [6, 6.07) is 16.0. The van der Waals surface area contributed by atoms with Gasteiger partial charge in [-0.05, 0) is 43.6 Å². The molecule has 6 rings (SSSR count). The first-order valence-electron chi connectivity index (χ1n) is 10.8. The Morgan fingerprint density at radius 2 is 1.84 bits per heavy atom. The topological polar surface area (TPSA) is 79.2 Å². The molecule has 0 amide bonds. The molecule has 1 aliphatic heterocycles. The number of rotatable bonds is 4. The van der Waals surface area contributed by atoms with Gasteiger partial charge in [0.15, 0.2) is 5.65 Å². The fourth-order valence-electron chi connectivity index (χ4n) is 4.60. The van der Waals surface area contributed by atoms with E-state index < -0.39 is 0 Å². The number of likely N-dealkylation sites (tertiary alicyclic amines) is 1. The van der Waals surface area contributed by atoms with Gasteiger partial charge in [-0.25, -0.2) is 4.98 Å². The van der Waals surface area contributed by atoms with Gasteiger partial charge in [0.05, 0.1) is 11.9 Å². The first-order valence-corrected chi connectivity index (χ1v) is 11.7. The number of benzene rings is 1. The van der Waals surface area contributed by atoms with Gasteiger partial charge < -0.3 is 4.98 Å². The van der Waals surface area contributed by atoms with Crippen LogP contribution in [-0.4, -0.2) is 42.6 Å². The van der Waals surface area contributed by atoms with E-state index in [-0.39, 0.29) is 5.56 Å². The van der Waals surface area contributed by atoms with E-state index in [0.717, 1.165) is 59.2 Å². The van der Waals surface area contributed by atoms with Crippen LogP contribution < -0.4 is 5.56 Å². The molecule has 0 saturated carbocycles. The van der Waals surface area contributed by atoms with Crippen LogP contribution in [0.5, 0.6) is 0 Å². The largest absolute Gasteiger partial charge is 0.309 e. The Morgan fingerprint density at radius 3 is 2.69 bits per heavy atom. The van der Waals surface area contributed by atoms with Crippen molar-refractivity contribution in [2.45, 2.75) is 25.3 Å². The van der Waals surface area contributed by atoms with Gasteiger partial charge in [0.25, 0.3) is 5.56 Å². The molecule has 7 nitrogen and oxygen atoms in total. The third kappa shape index (κ3) is 3.41. The van der Waals surface area contributed by atoms with Crippen LogP contribution in [0.2, 0.25) is 0 Å². The highest BCUT2D eigenvalue weighted by molar-refractivity contribution is 7.17. The second-order valence-electron chi connectivity index (χ2n) is 8.25. The second kappa shape index (κ2) is 7.96. The lowest BCUT2D eigenvalue weighted by Crippen LogP contribution is -2.34. The summed E-state index contributed by atoms with van der Waals surface area (Å²) in [5.41, 5.74) is 2.83. The summed E-state index contributed by atoms with van der Waals surface area (Å²) >= 11 is 1.53. The van der Waals surface area contributed by atoms with Gasteiger partial charge in [-0.1, -0.05) is 36.4 Å². The van der Waals surface area contributed by atoms with Crippen LogP contribution in [0.1, 0.15) is 30.4 Å². The lowest BCUT2D eigenvalue weighted by molar-refractivity contribution is 0.197. The number of fused-ring (bicyclic) bond motifs is 2. The maximum Gasteiger partial charge on any atom is 0.260 e. The smallest absolute Gasteiger partial charge is 0.260 e. The van der Waals surface area contributed by atoms with Crippen molar-refractivity contribution in [2.75, 3.05) is 13.1 Å². The standard InChI is InChI=1S/C24H22N6OS/c31-23-21-18(16-6-2-1-3-7-16)15-32-24(21)26-19(25-23)14-29-12-9-17(10-13-29)22-28-27-20-8-4-5-11-30(20)22/h1-8,11,15,17H,9-10,12-14H2,(H,25,26,31). The minimum absolute atomic E-state index is 0.0603. The third-order valence-corrected chi connectivity index (χ3v) is 7.12. The van der Waals surface area contributed by atoms with Crippen molar-refractivity contribution in [3.05, 3.63) is 82.1 Å². The molecule has 0 bridgehead atoms. The van der Waals surface area contributed by atoms with E-state index in [1.165, 1.54) is 11.3 Å². The van der Waals surface area contributed by atoms with Gasteiger partial charge in [0.2, 0.25) is 0 Å². The fraction of sp³-hybridized carbons (Fsp3) is 0.250. The predicted molar refractivity (Wildman–Crippen MR) is 126 cm³/mol. The molecule has 0 radical (unpaired) electrons. The van der Waals surface area contributed by atoms with Crippen molar-refractivity contribution in [3.63, 3.8) is 0 Å². The normalized spacial score (nSPS) is 15.6. The highest BCUT2D eigenvalue weighted by atomic mass is 32.1. The molecule has 4 aromatic heterocycles. The minimum Gasteiger partial charge on any atom is -0.309 e. The van der Waals surface area contributed by atoms with Crippen LogP contribution in [-0.2, 0) is 6.54 Å². The van der Waals surface area contributed by atoms with Gasteiger partial charge >= 0.3 is 0 Å². The summed E-state index contributed by atoms with van der Waals surface area (Å²) in [6.07, 6.45) is 4.06. The monoisotopic (exact) mass is 442 g/mol. The average molecular weight is 443 g/mol. The molecule has 0 unspecified atom stereocenters. The number of piperidine rings is 1. The molecule has 32 heavy (non-hydrogen) atoms. The Kier molecular flexibility index (Phi) is 4.81. The van der Waals surface area contributed by atoms with Crippen molar-refractivity contribution in [1.82, 2.24) is 29.5 Å². The lowest BCUT2D eigenvalue weighted by Gasteiger charge is -2.30. The number of H-pyrrole nitrogens is 1. The predicted octanol–water partition coefficient (Wildman–Crippen LogP) is 4.07. The van der Waals surface area contributed by atoms with Crippen molar-refractivity contribution in [3.8, 4) is 11.1 Å². The highest BCUT2D eigenvalue weighted by Crippen LogP contribution is 2.31. The summed E-state index contributed by atoms with van der Waals surface area (Å²) in [5.74, 6) is 2.17. The van der Waals surface area contributed by atoms with Crippen LogP contribution in [0.4, 0.5) is 0 Å². The zero-order valence-electron chi connectivity index (χ0n) is 17.4. The highest BCUT2D eigenvalue weighted by Gasteiger charge is 2.25. The number of thiophene rings is 1. The molecule has 1 N–H and O–H groups in total. The van der Waals surface area contributed by atoms with E-state index in [1.54, 1.807) is 0 Å². The molecule has 1 saturated heterocycles. The molecular formula is C24H22N6OS. The lowest BCUT2D eigenvalue weighted by atomic mass is 9.96. The molecular weight excluding hydrogens is 420 g/mol. The van der Waals surface area contributed by atoms with E-state index in [9.17, 15) is 4.79 Å². The first kappa shape index (κ1) is 19.3. The van der Waals surface area contributed by atoms with Gasteiger partial charge in [0.1, 0.15) is 16.5 Å². The van der Waals surface area contributed by atoms with E-state index in [2.05, 4.69) is 24.5 Å². The van der Waals surface area contributed by atoms with Crippen LogP contribution >= 0.6 is 11.3 Å². The van der Waals surface area contributed by atoms with Crippen molar-refractivity contribution < 1.29 is 0 Å². The molecule has 5 heterocycles. The second-order valence-corrected chi connectivity index (χ2v) is 9.10. The molecule has 5 aromatic rings. The third-order valence-electron chi connectivity index (χ3n) is 6.24. The Morgan fingerprint density at radius 1 is 1.03 bits per heavy atom. The first-order chi connectivity index (χ1) is 15.8. The number of pyridine rings is 1. The zero-order valence-corrected chi connectivity index (χ0v) is 18.3. The number of hydrogen-bond donors (Lipinski definition) is 1. The van der Waals surface area contributed by atoms with Gasteiger partial charge in [-0.2, -0.15) is 0 Å². The summed E-state index contributed by atoms with van der Waals surface area (Å²) in [5, 5.41) is 11.4. The van der Waals surface area contributed by atoms with Gasteiger partial charge in [-0.3, -0.25) is 14.1 Å². The Balaban J connectivity index is 1.19. The van der Waals surface area contributed by atoms with Crippen LogP contribution in [0.3, 0.4) is 0 Å². The van der Waals surface area contributed by atoms with Gasteiger partial charge in [-0.15, -0.1) is 21.5 Å². The SMILES string of the molecule is O=c1[nH]c(CN2CCC(c3nnc4ccccn34)CC2)nc2scc(-c3ccccc3)c12. The number of aromatic nitrogens is 5. The van der Waals surface area contributed by atoms with Crippen LogP contribution in [0, 0.1) is 0 Å². The Hall–Kier alpha value is -3.36. The van der Waals surface area contributed by atoms with Crippen LogP contribution in [0.15, 0.2) is 64.9 Å². The molecule has 0 aliphatic carbocycles. The summed E-state index contributed by atoms with van der Waals surface area (Å²) in [7, 11) is 0. The maximum atomic E-state index is 12.9. The molecule has 1 fully saturated rings. The number of aromatic amines is 1. The summed E-state index contributed by atoms with van der Waals surface area (Å²) in [4.78, 5) is 23.9. The molecule has 8 heteroatoms. The average Bonchev–Trinajstić information content (AvgIpc) is 3.45. The Labute approximate surface area is 188 Å². The quantitative estimate of drug-likeness (QED) is 0.454. The van der Waals surface area contributed by atoms with Crippen molar-refractivity contribution >= 4 is 27.2 Å². The molecule has 160 valence electrons. The number of hydrogen-bond acceptors (Lipinski definition) is 6. The number of nitrogens with zero attached hydrogens (tertiary/aromatic N) is 5. The number of nitrogens with one attached hydrogen (secondary N) is 1. The minimum atomic E-state index is -0.0603. The summed E-state index contributed by atoms with van der Waals surface area (Å²) in [6.45, 7) is 2.53. The molecule has 0 atom stereocenters. The summed E-state index contributed by atoms with van der Waals surface area (Å²) < 4.78 is 2.09. The molecule has 0 spiro atoms. The Bertz CT molecular complexity index is 1450.